The Labute approximate surface area is 203 Å². The Bertz CT molecular complexity index is 971. The first-order chi connectivity index (χ1) is 16.4. The van der Waals surface area contributed by atoms with Gasteiger partial charge in [0, 0.05) is 0 Å². The summed E-state index contributed by atoms with van der Waals surface area (Å²) in [7, 11) is 0. The predicted octanol–water partition coefficient (Wildman–Crippen LogP) is 5.92. The zero-order chi connectivity index (χ0) is 24.2. The molecule has 180 valence electrons. The van der Waals surface area contributed by atoms with Crippen LogP contribution in [0.5, 0.6) is 0 Å². The molecule has 0 heterocycles. The first-order valence-electron chi connectivity index (χ1n) is 11.7. The summed E-state index contributed by atoms with van der Waals surface area (Å²) in [6.07, 6.45) is -0.254. The van der Waals surface area contributed by atoms with Gasteiger partial charge >= 0.3 is 6.09 Å². The monoisotopic (exact) mass is 461 g/mol. The van der Waals surface area contributed by atoms with Gasteiger partial charge in [-0.15, -0.1) is 0 Å². The van der Waals surface area contributed by atoms with Crippen molar-refractivity contribution in [2.45, 2.75) is 58.2 Å². The van der Waals surface area contributed by atoms with Crippen LogP contribution < -0.4 is 5.32 Å². The van der Waals surface area contributed by atoms with Crippen molar-refractivity contribution in [1.82, 2.24) is 5.32 Å². The van der Waals surface area contributed by atoms with Gasteiger partial charge in [0.2, 0.25) is 0 Å². The van der Waals surface area contributed by atoms with E-state index in [0.717, 1.165) is 16.7 Å². The fourth-order valence-corrected chi connectivity index (χ4v) is 3.53. The van der Waals surface area contributed by atoms with Gasteiger partial charge in [0.15, 0.2) is 0 Å². The SMILES string of the molecule is CC(C)(C)OC(=O)N[C@@H](Cc1ccccc1)[C@H](COCc1ccccc1)OCc1ccccc1. The number of amides is 1. The highest BCUT2D eigenvalue weighted by Crippen LogP contribution is 2.15. The Morgan fingerprint density at radius 1 is 0.765 bits per heavy atom. The van der Waals surface area contributed by atoms with Gasteiger partial charge in [-0.25, -0.2) is 4.79 Å². The number of hydrogen-bond donors (Lipinski definition) is 1. The summed E-state index contributed by atoms with van der Waals surface area (Å²) in [5.41, 5.74) is 2.65. The van der Waals surface area contributed by atoms with Gasteiger partial charge in [-0.1, -0.05) is 91.0 Å². The molecule has 1 amide bonds. The molecule has 2 atom stereocenters. The Morgan fingerprint density at radius 2 is 1.26 bits per heavy atom. The van der Waals surface area contributed by atoms with Crippen LogP contribution in [0.1, 0.15) is 37.5 Å². The molecular weight excluding hydrogens is 426 g/mol. The van der Waals surface area contributed by atoms with E-state index in [1.165, 1.54) is 0 Å². The summed E-state index contributed by atoms with van der Waals surface area (Å²) >= 11 is 0. The van der Waals surface area contributed by atoms with Crippen LogP contribution in [0.4, 0.5) is 4.79 Å². The van der Waals surface area contributed by atoms with E-state index in [2.05, 4.69) is 5.32 Å². The highest BCUT2D eigenvalue weighted by atomic mass is 16.6. The third kappa shape index (κ3) is 9.38. The second-order valence-electron chi connectivity index (χ2n) is 9.28. The van der Waals surface area contributed by atoms with Crippen molar-refractivity contribution in [2.24, 2.45) is 0 Å². The van der Waals surface area contributed by atoms with Gasteiger partial charge in [-0.05, 0) is 43.9 Å². The minimum Gasteiger partial charge on any atom is -0.444 e. The normalized spacial score (nSPS) is 13.1. The lowest BCUT2D eigenvalue weighted by atomic mass is 10.0. The number of benzene rings is 3. The molecule has 0 saturated carbocycles. The minimum absolute atomic E-state index is 0.328. The second kappa shape index (κ2) is 12.9. The molecule has 0 saturated heterocycles. The van der Waals surface area contributed by atoms with Crippen LogP contribution in [0, 0.1) is 0 Å². The smallest absolute Gasteiger partial charge is 0.407 e. The Kier molecular flexibility index (Phi) is 9.68. The molecule has 0 aliphatic rings. The van der Waals surface area contributed by atoms with Crippen molar-refractivity contribution in [2.75, 3.05) is 6.61 Å². The van der Waals surface area contributed by atoms with Crippen LogP contribution in [0.2, 0.25) is 0 Å². The number of alkyl carbamates (subject to hydrolysis) is 1. The fraction of sp³-hybridized carbons (Fsp3) is 0.345. The van der Waals surface area contributed by atoms with Gasteiger partial charge in [0.1, 0.15) is 11.7 Å². The van der Waals surface area contributed by atoms with E-state index in [1.807, 2.05) is 112 Å². The van der Waals surface area contributed by atoms with Crippen LogP contribution in [0.25, 0.3) is 0 Å². The predicted molar refractivity (Wildman–Crippen MR) is 134 cm³/mol. The highest BCUT2D eigenvalue weighted by Gasteiger charge is 2.27. The maximum Gasteiger partial charge on any atom is 0.407 e. The summed E-state index contributed by atoms with van der Waals surface area (Å²) in [5.74, 6) is 0. The summed E-state index contributed by atoms with van der Waals surface area (Å²) in [6.45, 7) is 6.77. The average Bonchev–Trinajstić information content (AvgIpc) is 2.82. The van der Waals surface area contributed by atoms with Gasteiger partial charge in [-0.3, -0.25) is 0 Å². The summed E-state index contributed by atoms with van der Waals surface area (Å²) in [4.78, 5) is 12.7. The lowest BCUT2D eigenvalue weighted by Gasteiger charge is -2.30. The van der Waals surface area contributed by atoms with E-state index in [0.29, 0.717) is 26.2 Å². The molecule has 0 fully saturated rings. The summed E-state index contributed by atoms with van der Waals surface area (Å²) < 4.78 is 17.9. The molecule has 3 aromatic rings. The fourth-order valence-electron chi connectivity index (χ4n) is 3.53. The summed E-state index contributed by atoms with van der Waals surface area (Å²) in [6, 6.07) is 29.7. The Balaban J connectivity index is 1.75. The standard InChI is InChI=1S/C29H35NO4/c1-29(2,3)34-28(31)30-26(19-23-13-7-4-8-14-23)27(33-21-25-17-11-6-12-18-25)22-32-20-24-15-9-5-10-16-24/h4-18,26-27H,19-22H2,1-3H3,(H,30,31)/t26-,27-/m0/s1. The van der Waals surface area contributed by atoms with Crippen molar-refractivity contribution in [3.8, 4) is 0 Å². The van der Waals surface area contributed by atoms with Gasteiger partial charge in [-0.2, -0.15) is 0 Å². The van der Waals surface area contributed by atoms with Crippen LogP contribution in [-0.2, 0) is 33.8 Å². The van der Waals surface area contributed by atoms with Gasteiger partial charge < -0.3 is 19.5 Å². The maximum atomic E-state index is 12.7. The molecule has 0 aliphatic carbocycles. The van der Waals surface area contributed by atoms with Gasteiger partial charge in [0.25, 0.3) is 0 Å². The Hall–Kier alpha value is -3.15. The van der Waals surface area contributed by atoms with E-state index in [9.17, 15) is 4.79 Å². The minimum atomic E-state index is -0.592. The molecular formula is C29H35NO4. The van der Waals surface area contributed by atoms with Crippen molar-refractivity contribution in [1.29, 1.82) is 0 Å². The van der Waals surface area contributed by atoms with E-state index in [1.54, 1.807) is 0 Å². The highest BCUT2D eigenvalue weighted by molar-refractivity contribution is 5.68. The maximum absolute atomic E-state index is 12.7. The number of carbonyl (C=O) groups excluding carboxylic acids is 1. The molecule has 0 radical (unpaired) electrons. The van der Waals surface area contributed by atoms with Crippen molar-refractivity contribution in [3.63, 3.8) is 0 Å². The van der Waals surface area contributed by atoms with E-state index in [-0.39, 0.29) is 12.1 Å². The van der Waals surface area contributed by atoms with Crippen LogP contribution in [0.15, 0.2) is 91.0 Å². The average molecular weight is 462 g/mol. The molecule has 5 nitrogen and oxygen atoms in total. The van der Waals surface area contributed by atoms with Gasteiger partial charge in [0.05, 0.1) is 25.9 Å². The van der Waals surface area contributed by atoms with E-state index < -0.39 is 11.7 Å². The topological polar surface area (TPSA) is 56.8 Å². The zero-order valence-corrected chi connectivity index (χ0v) is 20.3. The molecule has 0 bridgehead atoms. The molecule has 3 rings (SSSR count). The molecule has 1 N–H and O–H groups in total. The lowest BCUT2D eigenvalue weighted by Crippen LogP contribution is -2.49. The molecule has 34 heavy (non-hydrogen) atoms. The quantitative estimate of drug-likeness (QED) is 0.385. The number of ether oxygens (including phenoxy) is 3. The molecule has 0 spiro atoms. The second-order valence-corrected chi connectivity index (χ2v) is 9.28. The molecule has 3 aromatic carbocycles. The zero-order valence-electron chi connectivity index (χ0n) is 20.3. The number of nitrogens with one attached hydrogen (secondary N) is 1. The van der Waals surface area contributed by atoms with Crippen molar-refractivity contribution < 1.29 is 19.0 Å². The number of rotatable bonds is 11. The molecule has 0 aromatic heterocycles. The van der Waals surface area contributed by atoms with Crippen molar-refractivity contribution >= 4 is 6.09 Å². The third-order valence-electron chi connectivity index (χ3n) is 5.15. The first-order valence-corrected chi connectivity index (χ1v) is 11.7. The first kappa shape index (κ1) is 25.5. The third-order valence-corrected chi connectivity index (χ3v) is 5.15. The van der Waals surface area contributed by atoms with Crippen LogP contribution >= 0.6 is 0 Å². The van der Waals surface area contributed by atoms with E-state index >= 15 is 0 Å². The molecule has 0 aliphatic heterocycles. The molecule has 0 unspecified atom stereocenters. The summed E-state index contributed by atoms with van der Waals surface area (Å²) in [5, 5.41) is 3.04. The van der Waals surface area contributed by atoms with Crippen LogP contribution in [-0.4, -0.2) is 30.4 Å². The number of carbonyl (C=O) groups is 1. The van der Waals surface area contributed by atoms with Crippen LogP contribution in [0.3, 0.4) is 0 Å². The molecule has 5 heteroatoms. The number of hydrogen-bond acceptors (Lipinski definition) is 4. The van der Waals surface area contributed by atoms with Crippen molar-refractivity contribution in [3.05, 3.63) is 108 Å². The lowest BCUT2D eigenvalue weighted by molar-refractivity contribution is -0.0487. The Morgan fingerprint density at radius 3 is 1.79 bits per heavy atom. The largest absolute Gasteiger partial charge is 0.444 e. The van der Waals surface area contributed by atoms with E-state index in [4.69, 9.17) is 14.2 Å².